The number of ether oxygens (including phenoxy) is 2. The van der Waals surface area contributed by atoms with Gasteiger partial charge < -0.3 is 19.2 Å². The first-order valence-electron chi connectivity index (χ1n) is 10.3. The number of nitro benzene ring substituents is 1. The van der Waals surface area contributed by atoms with Gasteiger partial charge in [-0.3, -0.25) is 19.9 Å². The number of furan rings is 1. The summed E-state index contributed by atoms with van der Waals surface area (Å²) in [4.78, 5) is 27.4. The Hall–Kier alpha value is -4.66. The molecule has 0 radical (unpaired) electrons. The lowest BCUT2D eigenvalue weighted by Crippen LogP contribution is -2.11. The first-order chi connectivity index (χ1) is 16.4. The molecule has 0 saturated heterocycles. The number of rotatable bonds is 8. The molecule has 2 heterocycles. The molecule has 4 rings (SSSR count). The number of carbonyl (C=O) groups excluding carboxylic acids is 1. The number of benzene rings is 2. The van der Waals surface area contributed by atoms with Crippen molar-refractivity contribution in [1.82, 2.24) is 4.98 Å². The van der Waals surface area contributed by atoms with Gasteiger partial charge in [-0.1, -0.05) is 6.07 Å². The Morgan fingerprint density at radius 3 is 2.53 bits per heavy atom. The lowest BCUT2D eigenvalue weighted by Gasteiger charge is -2.09. The summed E-state index contributed by atoms with van der Waals surface area (Å²) in [7, 11) is 0. The zero-order valence-electron chi connectivity index (χ0n) is 18.5. The molecule has 34 heavy (non-hydrogen) atoms. The van der Waals surface area contributed by atoms with Crippen molar-refractivity contribution in [2.45, 2.75) is 20.5 Å². The number of anilines is 1. The Bertz CT molecular complexity index is 1310. The fourth-order valence-corrected chi connectivity index (χ4v) is 3.30. The normalized spacial score (nSPS) is 10.5. The number of hydrogen-bond acceptors (Lipinski definition) is 7. The Labute approximate surface area is 195 Å². The summed E-state index contributed by atoms with van der Waals surface area (Å²) in [5.41, 5.74) is 2.11. The number of nitrogens with one attached hydrogen (secondary N) is 1. The van der Waals surface area contributed by atoms with Crippen LogP contribution in [0.25, 0.3) is 0 Å². The maximum Gasteiger partial charge on any atom is 0.291 e. The summed E-state index contributed by atoms with van der Waals surface area (Å²) in [6, 6.07) is 16.3. The molecule has 4 aromatic rings. The summed E-state index contributed by atoms with van der Waals surface area (Å²) in [5.74, 6) is 1.23. The minimum Gasteiger partial charge on any atom is -0.486 e. The van der Waals surface area contributed by atoms with E-state index in [0.29, 0.717) is 17.3 Å². The SMILES string of the molecule is Cc1cc(C)cc(OCc2ccc(C(=O)Nc3cc(Oc4cccnc4)cc([N+](=O)[O-])c3)o2)c1. The van der Waals surface area contributed by atoms with Gasteiger partial charge in [-0.2, -0.15) is 0 Å². The second-order valence-corrected chi connectivity index (χ2v) is 7.60. The third-order valence-electron chi connectivity index (χ3n) is 4.69. The van der Waals surface area contributed by atoms with Crippen LogP contribution in [0.1, 0.15) is 27.4 Å². The van der Waals surface area contributed by atoms with Gasteiger partial charge in [0, 0.05) is 18.3 Å². The van der Waals surface area contributed by atoms with E-state index in [2.05, 4.69) is 10.3 Å². The number of aromatic nitrogens is 1. The van der Waals surface area contributed by atoms with Crippen molar-refractivity contribution in [2.24, 2.45) is 0 Å². The molecule has 2 aromatic carbocycles. The van der Waals surface area contributed by atoms with Gasteiger partial charge in [0.15, 0.2) is 5.76 Å². The fourth-order valence-electron chi connectivity index (χ4n) is 3.30. The van der Waals surface area contributed by atoms with Crippen LogP contribution in [0.3, 0.4) is 0 Å². The van der Waals surface area contributed by atoms with E-state index in [1.807, 2.05) is 32.0 Å². The van der Waals surface area contributed by atoms with Crippen molar-refractivity contribution in [3.05, 3.63) is 106 Å². The largest absolute Gasteiger partial charge is 0.486 e. The summed E-state index contributed by atoms with van der Waals surface area (Å²) in [6.07, 6.45) is 3.05. The van der Waals surface area contributed by atoms with E-state index in [9.17, 15) is 14.9 Å². The van der Waals surface area contributed by atoms with E-state index >= 15 is 0 Å². The molecule has 9 nitrogen and oxygen atoms in total. The second kappa shape index (κ2) is 9.86. The standard InChI is InChI=1S/C25H21N3O6/c1-16-8-17(2)10-22(9-16)32-15-21-5-6-24(34-21)25(29)27-18-11-19(28(30)31)13-23(12-18)33-20-4-3-7-26-14-20/h3-14H,15H2,1-2H3,(H,27,29). The average Bonchev–Trinajstić information content (AvgIpc) is 3.27. The maximum atomic E-state index is 12.7. The van der Waals surface area contributed by atoms with E-state index in [1.54, 1.807) is 24.4 Å². The molecule has 0 aliphatic rings. The van der Waals surface area contributed by atoms with Gasteiger partial charge in [-0.15, -0.1) is 0 Å². The van der Waals surface area contributed by atoms with Crippen molar-refractivity contribution >= 4 is 17.3 Å². The number of non-ortho nitro benzene ring substituents is 1. The molecular formula is C25H21N3O6. The smallest absolute Gasteiger partial charge is 0.291 e. The minimum absolute atomic E-state index is 0.0419. The van der Waals surface area contributed by atoms with Crippen LogP contribution in [0, 0.1) is 24.0 Å². The monoisotopic (exact) mass is 459 g/mol. The number of aryl methyl sites for hydroxylation is 2. The third kappa shape index (κ3) is 5.77. The lowest BCUT2D eigenvalue weighted by molar-refractivity contribution is -0.384. The van der Waals surface area contributed by atoms with E-state index in [1.165, 1.54) is 30.5 Å². The number of carbonyl (C=O) groups is 1. The quantitative estimate of drug-likeness (QED) is 0.260. The first kappa shape index (κ1) is 22.5. The van der Waals surface area contributed by atoms with Crippen LogP contribution in [-0.2, 0) is 6.61 Å². The topological polar surface area (TPSA) is 117 Å². The first-order valence-corrected chi connectivity index (χ1v) is 10.3. The van der Waals surface area contributed by atoms with Crippen LogP contribution in [-0.4, -0.2) is 15.8 Å². The molecule has 172 valence electrons. The maximum absolute atomic E-state index is 12.7. The highest BCUT2D eigenvalue weighted by atomic mass is 16.6. The van der Waals surface area contributed by atoms with Gasteiger partial charge in [-0.05, 0) is 61.4 Å². The highest BCUT2D eigenvalue weighted by Crippen LogP contribution is 2.30. The molecule has 0 spiro atoms. The van der Waals surface area contributed by atoms with Gasteiger partial charge in [0.1, 0.15) is 29.6 Å². The predicted octanol–water partition coefficient (Wildman–Crippen LogP) is 5.82. The molecular weight excluding hydrogens is 438 g/mol. The number of pyridine rings is 1. The van der Waals surface area contributed by atoms with E-state index in [4.69, 9.17) is 13.9 Å². The Kier molecular flexibility index (Phi) is 6.54. The van der Waals surface area contributed by atoms with Gasteiger partial charge >= 0.3 is 0 Å². The average molecular weight is 459 g/mol. The van der Waals surface area contributed by atoms with Crippen LogP contribution in [0.15, 0.2) is 77.5 Å². The number of hydrogen-bond donors (Lipinski definition) is 1. The summed E-state index contributed by atoms with van der Waals surface area (Å²) in [6.45, 7) is 4.11. The van der Waals surface area contributed by atoms with Gasteiger partial charge in [0.05, 0.1) is 22.9 Å². The Morgan fingerprint density at radius 1 is 1.03 bits per heavy atom. The molecule has 0 atom stereocenters. The summed E-state index contributed by atoms with van der Waals surface area (Å²) in [5, 5.41) is 13.9. The van der Waals surface area contributed by atoms with E-state index in [-0.39, 0.29) is 29.5 Å². The van der Waals surface area contributed by atoms with Crippen molar-refractivity contribution in [3.8, 4) is 17.2 Å². The Balaban J connectivity index is 1.45. The van der Waals surface area contributed by atoms with Crippen molar-refractivity contribution in [1.29, 1.82) is 0 Å². The molecule has 0 saturated carbocycles. The van der Waals surface area contributed by atoms with Crippen LogP contribution in [0.4, 0.5) is 11.4 Å². The van der Waals surface area contributed by atoms with E-state index < -0.39 is 10.8 Å². The highest BCUT2D eigenvalue weighted by molar-refractivity contribution is 6.02. The van der Waals surface area contributed by atoms with Gasteiger partial charge in [-0.25, -0.2) is 0 Å². The summed E-state index contributed by atoms with van der Waals surface area (Å²) < 4.78 is 17.0. The second-order valence-electron chi connectivity index (χ2n) is 7.60. The number of amides is 1. The molecule has 0 aliphatic carbocycles. The number of nitro groups is 1. The third-order valence-corrected chi connectivity index (χ3v) is 4.69. The molecule has 0 bridgehead atoms. The Morgan fingerprint density at radius 2 is 1.82 bits per heavy atom. The predicted molar refractivity (Wildman–Crippen MR) is 124 cm³/mol. The molecule has 0 unspecified atom stereocenters. The zero-order valence-corrected chi connectivity index (χ0v) is 18.5. The molecule has 1 N–H and O–H groups in total. The van der Waals surface area contributed by atoms with Gasteiger partial charge in [0.25, 0.3) is 11.6 Å². The van der Waals surface area contributed by atoms with Crippen molar-refractivity contribution < 1.29 is 23.6 Å². The van der Waals surface area contributed by atoms with E-state index in [0.717, 1.165) is 11.1 Å². The number of nitrogens with zero attached hydrogens (tertiary/aromatic N) is 2. The van der Waals surface area contributed by atoms with Crippen LogP contribution >= 0.6 is 0 Å². The van der Waals surface area contributed by atoms with Crippen LogP contribution in [0.5, 0.6) is 17.2 Å². The molecule has 0 fully saturated rings. The van der Waals surface area contributed by atoms with Gasteiger partial charge in [0.2, 0.25) is 0 Å². The minimum atomic E-state index is -0.568. The van der Waals surface area contributed by atoms with Crippen molar-refractivity contribution in [3.63, 3.8) is 0 Å². The fraction of sp³-hybridized carbons (Fsp3) is 0.120. The molecule has 0 aliphatic heterocycles. The van der Waals surface area contributed by atoms with Crippen molar-refractivity contribution in [2.75, 3.05) is 5.32 Å². The lowest BCUT2D eigenvalue weighted by atomic mass is 10.1. The molecule has 2 aromatic heterocycles. The molecule has 1 amide bonds. The molecule has 9 heteroatoms. The van der Waals surface area contributed by atoms with Crippen LogP contribution < -0.4 is 14.8 Å². The zero-order chi connectivity index (χ0) is 24.1. The summed E-state index contributed by atoms with van der Waals surface area (Å²) >= 11 is 0. The van der Waals surface area contributed by atoms with Crippen LogP contribution in [0.2, 0.25) is 0 Å². The highest BCUT2D eigenvalue weighted by Gasteiger charge is 2.16.